The van der Waals surface area contributed by atoms with Gasteiger partial charge in [0.05, 0.1) is 11.3 Å². The molecule has 108 valence electrons. The number of hydrogen-bond donors (Lipinski definition) is 2. The lowest BCUT2D eigenvalue weighted by atomic mass is 9.97. The van der Waals surface area contributed by atoms with Crippen LogP contribution in [0.1, 0.15) is 46.1 Å². The van der Waals surface area contributed by atoms with E-state index < -0.39 is 5.82 Å². The topological polar surface area (TPSA) is 55.1 Å². The fourth-order valence-corrected chi connectivity index (χ4v) is 1.54. The van der Waals surface area contributed by atoms with Crippen LogP contribution in [0.4, 0.5) is 15.8 Å². The maximum atomic E-state index is 14.0. The van der Waals surface area contributed by atoms with Gasteiger partial charge in [0.1, 0.15) is 5.82 Å². The van der Waals surface area contributed by atoms with E-state index in [0.29, 0.717) is 18.4 Å². The van der Waals surface area contributed by atoms with E-state index in [1.807, 2.05) is 27.7 Å². The molecule has 20 heavy (non-hydrogen) atoms. The second kappa shape index (κ2) is 6.42. The van der Waals surface area contributed by atoms with Crippen LogP contribution in [0.15, 0.2) is 12.1 Å². The maximum Gasteiger partial charge on any atom is 0.224 e. The summed E-state index contributed by atoms with van der Waals surface area (Å²) in [6, 6.07) is 2.76. The van der Waals surface area contributed by atoms with Crippen LogP contribution in [0.3, 0.4) is 0 Å². The Morgan fingerprint density at radius 1 is 1.40 bits per heavy atom. The van der Waals surface area contributed by atoms with Crippen LogP contribution in [-0.2, 0) is 4.79 Å². The number of carbonyl (C=O) groups is 1. The van der Waals surface area contributed by atoms with E-state index in [2.05, 4.69) is 17.2 Å². The van der Waals surface area contributed by atoms with Crippen LogP contribution in [0, 0.1) is 23.1 Å². The number of rotatable bonds is 3. The van der Waals surface area contributed by atoms with Crippen molar-refractivity contribution in [2.45, 2.75) is 40.5 Å². The van der Waals surface area contributed by atoms with E-state index in [0.717, 1.165) is 0 Å². The van der Waals surface area contributed by atoms with E-state index in [1.165, 1.54) is 6.07 Å². The molecule has 0 atom stereocenters. The van der Waals surface area contributed by atoms with Gasteiger partial charge in [0.25, 0.3) is 0 Å². The number of benzene rings is 1. The van der Waals surface area contributed by atoms with Crippen LogP contribution < -0.4 is 11.1 Å². The standard InChI is InChI=1S/C16H21FN2O/c1-5-6-14(20)19-15-11(7-8-16(2,3)4)9-12(18)10-13(15)17/h9-10H,5-6,18H2,1-4H3,(H,19,20). The molecule has 1 rings (SSSR count). The summed E-state index contributed by atoms with van der Waals surface area (Å²) in [6.45, 7) is 7.76. The number of nitrogens with one attached hydrogen (secondary N) is 1. The summed E-state index contributed by atoms with van der Waals surface area (Å²) >= 11 is 0. The largest absolute Gasteiger partial charge is 0.399 e. The van der Waals surface area contributed by atoms with Crippen molar-refractivity contribution in [3.63, 3.8) is 0 Å². The highest BCUT2D eigenvalue weighted by molar-refractivity contribution is 5.92. The molecule has 0 saturated carbocycles. The molecule has 0 radical (unpaired) electrons. The van der Waals surface area contributed by atoms with Crippen molar-refractivity contribution in [2.75, 3.05) is 11.1 Å². The van der Waals surface area contributed by atoms with Crippen LogP contribution in [0.25, 0.3) is 0 Å². The third-order valence-electron chi connectivity index (χ3n) is 2.43. The average molecular weight is 276 g/mol. The lowest BCUT2D eigenvalue weighted by Gasteiger charge is -2.11. The van der Waals surface area contributed by atoms with Crippen molar-refractivity contribution in [2.24, 2.45) is 5.41 Å². The number of nitrogen functional groups attached to an aromatic ring is 1. The summed E-state index contributed by atoms with van der Waals surface area (Å²) in [4.78, 5) is 11.6. The zero-order valence-corrected chi connectivity index (χ0v) is 12.4. The lowest BCUT2D eigenvalue weighted by Crippen LogP contribution is -2.13. The summed E-state index contributed by atoms with van der Waals surface area (Å²) in [5, 5.41) is 2.57. The van der Waals surface area contributed by atoms with E-state index in [1.54, 1.807) is 6.07 Å². The van der Waals surface area contributed by atoms with Gasteiger partial charge in [0, 0.05) is 17.5 Å². The molecule has 0 aliphatic carbocycles. The summed E-state index contributed by atoms with van der Waals surface area (Å²) in [5.41, 5.74) is 6.22. The molecule has 0 spiro atoms. The molecular weight excluding hydrogens is 255 g/mol. The Morgan fingerprint density at radius 3 is 2.60 bits per heavy atom. The lowest BCUT2D eigenvalue weighted by molar-refractivity contribution is -0.116. The highest BCUT2D eigenvalue weighted by Crippen LogP contribution is 2.24. The molecule has 0 fully saturated rings. The van der Waals surface area contributed by atoms with Crippen molar-refractivity contribution in [3.05, 3.63) is 23.5 Å². The van der Waals surface area contributed by atoms with E-state index in [4.69, 9.17) is 5.73 Å². The Morgan fingerprint density at radius 2 is 2.05 bits per heavy atom. The average Bonchev–Trinajstić information content (AvgIpc) is 2.29. The van der Waals surface area contributed by atoms with Crippen molar-refractivity contribution in [3.8, 4) is 11.8 Å². The molecule has 3 N–H and O–H groups in total. The van der Waals surface area contributed by atoms with Gasteiger partial charge in [-0.3, -0.25) is 4.79 Å². The minimum atomic E-state index is -0.562. The van der Waals surface area contributed by atoms with Crippen molar-refractivity contribution < 1.29 is 9.18 Å². The van der Waals surface area contributed by atoms with Gasteiger partial charge in [0.2, 0.25) is 5.91 Å². The first-order chi connectivity index (χ1) is 9.23. The number of hydrogen-bond acceptors (Lipinski definition) is 2. The van der Waals surface area contributed by atoms with Gasteiger partial charge >= 0.3 is 0 Å². The zero-order chi connectivity index (χ0) is 15.3. The first kappa shape index (κ1) is 16.0. The van der Waals surface area contributed by atoms with Crippen molar-refractivity contribution in [1.82, 2.24) is 0 Å². The summed E-state index contributed by atoms with van der Waals surface area (Å²) in [5.74, 6) is 5.12. The quantitative estimate of drug-likeness (QED) is 0.655. The Labute approximate surface area is 119 Å². The molecular formula is C16H21FN2O. The first-order valence-corrected chi connectivity index (χ1v) is 6.65. The van der Waals surface area contributed by atoms with Gasteiger partial charge < -0.3 is 11.1 Å². The molecule has 1 aromatic carbocycles. The molecule has 0 aliphatic rings. The smallest absolute Gasteiger partial charge is 0.224 e. The second-order valence-corrected chi connectivity index (χ2v) is 5.72. The van der Waals surface area contributed by atoms with Gasteiger partial charge in [0.15, 0.2) is 0 Å². The van der Waals surface area contributed by atoms with E-state index in [-0.39, 0.29) is 22.7 Å². The fourth-order valence-electron chi connectivity index (χ4n) is 1.54. The minimum Gasteiger partial charge on any atom is -0.399 e. The predicted octanol–water partition coefficient (Wildman–Crippen LogP) is 3.54. The molecule has 0 saturated heterocycles. The monoisotopic (exact) mass is 276 g/mol. The summed E-state index contributed by atoms with van der Waals surface area (Å²) < 4.78 is 14.0. The maximum absolute atomic E-state index is 14.0. The summed E-state index contributed by atoms with van der Waals surface area (Å²) in [7, 11) is 0. The minimum absolute atomic E-state index is 0.106. The molecule has 1 aromatic rings. The Hall–Kier alpha value is -2.02. The highest BCUT2D eigenvalue weighted by atomic mass is 19.1. The molecule has 0 heterocycles. The van der Waals surface area contributed by atoms with Crippen LogP contribution in [-0.4, -0.2) is 5.91 Å². The molecule has 3 nitrogen and oxygen atoms in total. The molecule has 1 amide bonds. The molecule has 0 unspecified atom stereocenters. The third kappa shape index (κ3) is 4.93. The summed E-state index contributed by atoms with van der Waals surface area (Å²) in [6.07, 6.45) is 1.04. The molecule has 0 aromatic heterocycles. The van der Waals surface area contributed by atoms with Gasteiger partial charge in [-0.15, -0.1) is 0 Å². The highest BCUT2D eigenvalue weighted by Gasteiger charge is 2.12. The number of halogens is 1. The third-order valence-corrected chi connectivity index (χ3v) is 2.43. The second-order valence-electron chi connectivity index (χ2n) is 5.72. The van der Waals surface area contributed by atoms with Gasteiger partial charge in [-0.2, -0.15) is 0 Å². The van der Waals surface area contributed by atoms with Gasteiger partial charge in [-0.1, -0.05) is 18.8 Å². The Kier molecular flexibility index (Phi) is 5.15. The van der Waals surface area contributed by atoms with E-state index in [9.17, 15) is 9.18 Å². The van der Waals surface area contributed by atoms with Crippen LogP contribution in [0.5, 0.6) is 0 Å². The first-order valence-electron chi connectivity index (χ1n) is 6.65. The van der Waals surface area contributed by atoms with Crippen LogP contribution in [0.2, 0.25) is 0 Å². The SMILES string of the molecule is CCCC(=O)Nc1c(F)cc(N)cc1C#CC(C)(C)C. The number of carbonyl (C=O) groups excluding carboxylic acids is 1. The van der Waals surface area contributed by atoms with Crippen molar-refractivity contribution in [1.29, 1.82) is 0 Å². The number of nitrogens with two attached hydrogens (primary N) is 1. The van der Waals surface area contributed by atoms with Crippen LogP contribution >= 0.6 is 0 Å². The number of anilines is 2. The molecule has 0 aliphatic heterocycles. The van der Waals surface area contributed by atoms with Gasteiger partial charge in [-0.05, 0) is 39.3 Å². The normalized spacial score (nSPS) is 10.7. The van der Waals surface area contributed by atoms with Crippen molar-refractivity contribution >= 4 is 17.3 Å². The Balaban J connectivity index is 3.20. The van der Waals surface area contributed by atoms with Gasteiger partial charge in [-0.25, -0.2) is 4.39 Å². The predicted molar refractivity (Wildman–Crippen MR) is 80.7 cm³/mol. The fraction of sp³-hybridized carbons (Fsp3) is 0.438. The molecule has 4 heteroatoms. The number of amides is 1. The van der Waals surface area contributed by atoms with E-state index >= 15 is 0 Å². The Bertz CT molecular complexity index is 562. The molecule has 0 bridgehead atoms. The zero-order valence-electron chi connectivity index (χ0n) is 12.4.